The van der Waals surface area contributed by atoms with Crippen molar-refractivity contribution in [2.24, 2.45) is 0 Å². The number of imidazole rings is 1. The Balaban J connectivity index is 2.27. The first-order valence-corrected chi connectivity index (χ1v) is 6.04. The molecule has 0 aliphatic rings. The third-order valence-corrected chi connectivity index (χ3v) is 3.04. The van der Waals surface area contributed by atoms with E-state index in [4.69, 9.17) is 0 Å². The molecule has 0 aliphatic heterocycles. The van der Waals surface area contributed by atoms with Gasteiger partial charge in [0.05, 0.1) is 0 Å². The molecule has 0 bridgehead atoms. The molecular weight excluding hydrogens is 212 g/mol. The standard InChI is InChI=1S/C14H18N2O/c1-3-11-5-7-12(8-6-11)13(17)14-15-9-10-16(14)4-2/h5-10,13,17H,3-4H2,1-2H3/t13-/m0/s1. The Labute approximate surface area is 102 Å². The second-order valence-corrected chi connectivity index (χ2v) is 4.07. The molecule has 90 valence electrons. The van der Waals surface area contributed by atoms with E-state index in [9.17, 15) is 5.11 Å². The van der Waals surface area contributed by atoms with Crippen molar-refractivity contribution in [2.45, 2.75) is 32.9 Å². The van der Waals surface area contributed by atoms with Crippen molar-refractivity contribution in [2.75, 3.05) is 0 Å². The largest absolute Gasteiger partial charge is 0.380 e. The molecule has 1 aromatic carbocycles. The first kappa shape index (κ1) is 11.9. The summed E-state index contributed by atoms with van der Waals surface area (Å²) in [6.07, 6.45) is 3.98. The van der Waals surface area contributed by atoms with Crippen LogP contribution in [0.4, 0.5) is 0 Å². The maximum atomic E-state index is 10.3. The molecule has 1 aromatic heterocycles. The number of aryl methyl sites for hydroxylation is 2. The first-order valence-electron chi connectivity index (χ1n) is 6.04. The zero-order chi connectivity index (χ0) is 12.3. The molecule has 2 rings (SSSR count). The SMILES string of the molecule is CCc1ccc([C@H](O)c2nccn2CC)cc1. The van der Waals surface area contributed by atoms with Gasteiger partial charge in [-0.3, -0.25) is 0 Å². The van der Waals surface area contributed by atoms with Crippen molar-refractivity contribution in [1.29, 1.82) is 0 Å². The van der Waals surface area contributed by atoms with E-state index in [1.54, 1.807) is 6.20 Å². The van der Waals surface area contributed by atoms with Crippen LogP contribution in [0.1, 0.15) is 36.9 Å². The van der Waals surface area contributed by atoms with Gasteiger partial charge in [0.1, 0.15) is 11.9 Å². The molecule has 0 saturated carbocycles. The summed E-state index contributed by atoms with van der Waals surface area (Å²) in [6.45, 7) is 4.98. The van der Waals surface area contributed by atoms with E-state index in [2.05, 4.69) is 24.0 Å². The highest BCUT2D eigenvalue weighted by atomic mass is 16.3. The molecule has 0 unspecified atom stereocenters. The molecule has 3 nitrogen and oxygen atoms in total. The van der Waals surface area contributed by atoms with E-state index in [1.165, 1.54) is 5.56 Å². The molecule has 0 amide bonds. The third kappa shape index (κ3) is 2.39. The van der Waals surface area contributed by atoms with Gasteiger partial charge in [0.15, 0.2) is 0 Å². The van der Waals surface area contributed by atoms with Gasteiger partial charge in [0.2, 0.25) is 0 Å². The number of aliphatic hydroxyl groups excluding tert-OH is 1. The van der Waals surface area contributed by atoms with Crippen LogP contribution in [0.5, 0.6) is 0 Å². The van der Waals surface area contributed by atoms with Crippen molar-refractivity contribution in [1.82, 2.24) is 9.55 Å². The molecule has 3 heteroatoms. The molecule has 1 N–H and O–H groups in total. The predicted molar refractivity (Wildman–Crippen MR) is 67.8 cm³/mol. The van der Waals surface area contributed by atoms with Crippen molar-refractivity contribution in [3.05, 3.63) is 53.6 Å². The van der Waals surface area contributed by atoms with Crippen LogP contribution in [-0.4, -0.2) is 14.7 Å². The lowest BCUT2D eigenvalue weighted by Gasteiger charge is -2.12. The number of aliphatic hydroxyl groups is 1. The fourth-order valence-electron chi connectivity index (χ4n) is 1.92. The lowest BCUT2D eigenvalue weighted by atomic mass is 10.1. The summed E-state index contributed by atoms with van der Waals surface area (Å²) in [5, 5.41) is 10.3. The Morgan fingerprint density at radius 3 is 2.53 bits per heavy atom. The molecule has 1 heterocycles. The average molecular weight is 230 g/mol. The van der Waals surface area contributed by atoms with Gasteiger partial charge in [-0.05, 0) is 24.5 Å². The summed E-state index contributed by atoms with van der Waals surface area (Å²) >= 11 is 0. The number of hydrogen-bond acceptors (Lipinski definition) is 2. The van der Waals surface area contributed by atoms with Crippen LogP contribution in [0, 0.1) is 0 Å². The summed E-state index contributed by atoms with van der Waals surface area (Å²) in [5.41, 5.74) is 2.17. The molecule has 1 atom stereocenters. The van der Waals surface area contributed by atoms with Gasteiger partial charge < -0.3 is 9.67 Å². The summed E-state index contributed by atoms with van der Waals surface area (Å²) < 4.78 is 1.96. The molecular formula is C14H18N2O. The van der Waals surface area contributed by atoms with Gasteiger partial charge in [0, 0.05) is 18.9 Å². The van der Waals surface area contributed by atoms with Crippen LogP contribution in [0.2, 0.25) is 0 Å². The van der Waals surface area contributed by atoms with Crippen LogP contribution in [0.25, 0.3) is 0 Å². The third-order valence-electron chi connectivity index (χ3n) is 3.04. The molecule has 0 saturated heterocycles. The van der Waals surface area contributed by atoms with Gasteiger partial charge in [-0.25, -0.2) is 4.98 Å². The van der Waals surface area contributed by atoms with E-state index >= 15 is 0 Å². The van der Waals surface area contributed by atoms with Crippen LogP contribution < -0.4 is 0 Å². The number of benzene rings is 1. The smallest absolute Gasteiger partial charge is 0.142 e. The molecule has 17 heavy (non-hydrogen) atoms. The van der Waals surface area contributed by atoms with Crippen LogP contribution in [0.15, 0.2) is 36.7 Å². The van der Waals surface area contributed by atoms with Gasteiger partial charge in [-0.15, -0.1) is 0 Å². The summed E-state index contributed by atoms with van der Waals surface area (Å²) in [5.74, 6) is 0.705. The number of rotatable bonds is 4. The molecule has 0 fully saturated rings. The maximum absolute atomic E-state index is 10.3. The average Bonchev–Trinajstić information content (AvgIpc) is 2.86. The molecule has 0 aliphatic carbocycles. The van der Waals surface area contributed by atoms with E-state index in [-0.39, 0.29) is 0 Å². The second kappa shape index (κ2) is 5.15. The Bertz CT molecular complexity index is 473. The van der Waals surface area contributed by atoms with Crippen LogP contribution >= 0.6 is 0 Å². The summed E-state index contributed by atoms with van der Waals surface area (Å²) in [4.78, 5) is 4.22. The van der Waals surface area contributed by atoms with Crippen molar-refractivity contribution in [3.63, 3.8) is 0 Å². The fourth-order valence-corrected chi connectivity index (χ4v) is 1.92. The minimum Gasteiger partial charge on any atom is -0.380 e. The molecule has 0 radical (unpaired) electrons. The van der Waals surface area contributed by atoms with Crippen molar-refractivity contribution >= 4 is 0 Å². The molecule has 2 aromatic rings. The Morgan fingerprint density at radius 2 is 1.94 bits per heavy atom. The van der Waals surface area contributed by atoms with Gasteiger partial charge in [0.25, 0.3) is 0 Å². The molecule has 0 spiro atoms. The van der Waals surface area contributed by atoms with Gasteiger partial charge in [-0.2, -0.15) is 0 Å². The Hall–Kier alpha value is -1.61. The quantitative estimate of drug-likeness (QED) is 0.876. The zero-order valence-corrected chi connectivity index (χ0v) is 10.3. The van der Waals surface area contributed by atoms with Crippen molar-refractivity contribution < 1.29 is 5.11 Å². The maximum Gasteiger partial charge on any atom is 0.142 e. The lowest BCUT2D eigenvalue weighted by Crippen LogP contribution is -2.08. The highest BCUT2D eigenvalue weighted by Crippen LogP contribution is 2.21. The van der Waals surface area contributed by atoms with Crippen LogP contribution in [0.3, 0.4) is 0 Å². The predicted octanol–water partition coefficient (Wildman–Crippen LogP) is 2.55. The van der Waals surface area contributed by atoms with E-state index in [0.717, 1.165) is 18.5 Å². The highest BCUT2D eigenvalue weighted by molar-refractivity contribution is 5.27. The topological polar surface area (TPSA) is 38.1 Å². The Kier molecular flexibility index (Phi) is 3.59. The number of hydrogen-bond donors (Lipinski definition) is 1. The Morgan fingerprint density at radius 1 is 1.24 bits per heavy atom. The fraction of sp³-hybridized carbons (Fsp3) is 0.357. The minimum absolute atomic E-state index is 0.643. The number of aromatic nitrogens is 2. The number of nitrogens with zero attached hydrogens (tertiary/aromatic N) is 2. The zero-order valence-electron chi connectivity index (χ0n) is 10.3. The van der Waals surface area contributed by atoms with Gasteiger partial charge in [-0.1, -0.05) is 31.2 Å². The van der Waals surface area contributed by atoms with Crippen LogP contribution in [-0.2, 0) is 13.0 Å². The highest BCUT2D eigenvalue weighted by Gasteiger charge is 2.15. The second-order valence-electron chi connectivity index (χ2n) is 4.07. The van der Waals surface area contributed by atoms with E-state index in [1.807, 2.05) is 29.8 Å². The monoisotopic (exact) mass is 230 g/mol. The van der Waals surface area contributed by atoms with Gasteiger partial charge >= 0.3 is 0 Å². The normalized spacial score (nSPS) is 12.6. The van der Waals surface area contributed by atoms with Crippen molar-refractivity contribution in [3.8, 4) is 0 Å². The van der Waals surface area contributed by atoms with E-state index < -0.39 is 6.10 Å². The minimum atomic E-state index is -0.643. The van der Waals surface area contributed by atoms with E-state index in [0.29, 0.717) is 5.82 Å². The first-order chi connectivity index (χ1) is 8.26. The lowest BCUT2D eigenvalue weighted by molar-refractivity contribution is 0.205. The summed E-state index contributed by atoms with van der Waals surface area (Å²) in [7, 11) is 0. The summed E-state index contributed by atoms with van der Waals surface area (Å²) in [6, 6.07) is 8.05.